The Balaban J connectivity index is 1.28. The zero-order chi connectivity index (χ0) is 21.3. The van der Waals surface area contributed by atoms with Gasteiger partial charge >= 0.3 is 11.8 Å². The Labute approximate surface area is 181 Å². The van der Waals surface area contributed by atoms with Crippen molar-refractivity contribution in [1.82, 2.24) is 15.5 Å². The van der Waals surface area contributed by atoms with Crippen LogP contribution in [0.3, 0.4) is 0 Å². The van der Waals surface area contributed by atoms with Crippen LogP contribution in [0.5, 0.6) is 0 Å². The van der Waals surface area contributed by atoms with E-state index in [4.69, 9.17) is 11.6 Å². The summed E-state index contributed by atoms with van der Waals surface area (Å²) in [5, 5.41) is 5.92. The smallest absolute Gasteiger partial charge is 0.309 e. The maximum atomic E-state index is 12.9. The molecule has 8 heteroatoms. The third-order valence-corrected chi connectivity index (χ3v) is 5.33. The molecule has 0 unspecified atom stereocenters. The fraction of sp³-hybridized carbons (Fsp3) is 0.364. The highest BCUT2D eigenvalue weighted by Crippen LogP contribution is 2.19. The predicted molar refractivity (Wildman–Crippen MR) is 116 cm³/mol. The molecule has 0 spiro atoms. The molecule has 2 aromatic rings. The molecule has 1 fully saturated rings. The summed E-state index contributed by atoms with van der Waals surface area (Å²) < 4.78 is 12.9. The molecule has 2 aromatic carbocycles. The molecule has 30 heavy (non-hydrogen) atoms. The highest BCUT2D eigenvalue weighted by atomic mass is 35.5. The molecule has 0 aromatic heterocycles. The van der Waals surface area contributed by atoms with Crippen LogP contribution < -0.4 is 15.5 Å². The average Bonchev–Trinajstić information content (AvgIpc) is 2.77. The third-order valence-electron chi connectivity index (χ3n) is 5.07. The molecule has 3 rings (SSSR count). The largest absolute Gasteiger partial charge is 0.369 e. The number of amides is 2. The Morgan fingerprint density at radius 3 is 2.20 bits per heavy atom. The Morgan fingerprint density at radius 1 is 0.900 bits per heavy atom. The lowest BCUT2D eigenvalue weighted by atomic mass is 10.2. The highest BCUT2D eigenvalue weighted by Gasteiger charge is 2.17. The first-order valence-electron chi connectivity index (χ1n) is 10.0. The number of hydrogen-bond acceptors (Lipinski definition) is 4. The molecule has 160 valence electrons. The van der Waals surface area contributed by atoms with Crippen molar-refractivity contribution in [3.8, 4) is 0 Å². The summed E-state index contributed by atoms with van der Waals surface area (Å²) in [6.07, 6.45) is 0.776. The van der Waals surface area contributed by atoms with E-state index >= 15 is 0 Å². The van der Waals surface area contributed by atoms with Gasteiger partial charge in [0, 0.05) is 50.0 Å². The fourth-order valence-corrected chi connectivity index (χ4v) is 3.46. The molecular weight excluding hydrogens is 407 g/mol. The minimum absolute atomic E-state index is 0.185. The molecular formula is C22H26ClFN4O2. The number of carbonyl (C=O) groups excluding carboxylic acids is 2. The second-order valence-corrected chi connectivity index (χ2v) is 7.66. The van der Waals surface area contributed by atoms with Gasteiger partial charge in [0.1, 0.15) is 5.82 Å². The summed E-state index contributed by atoms with van der Waals surface area (Å²) >= 11 is 5.94. The molecule has 1 heterocycles. The number of hydrogen-bond donors (Lipinski definition) is 2. The quantitative estimate of drug-likeness (QED) is 0.521. The summed E-state index contributed by atoms with van der Waals surface area (Å²) in [6.45, 7) is 5.29. The van der Waals surface area contributed by atoms with E-state index in [2.05, 4.69) is 20.4 Å². The van der Waals surface area contributed by atoms with Gasteiger partial charge in [-0.1, -0.05) is 23.7 Å². The van der Waals surface area contributed by atoms with Gasteiger partial charge in [-0.05, 0) is 54.9 Å². The molecule has 6 nitrogen and oxygen atoms in total. The predicted octanol–water partition coefficient (Wildman–Crippen LogP) is 2.42. The van der Waals surface area contributed by atoms with Crippen molar-refractivity contribution >= 4 is 29.1 Å². The van der Waals surface area contributed by atoms with E-state index in [-0.39, 0.29) is 12.4 Å². The number of halogens is 2. The van der Waals surface area contributed by atoms with Gasteiger partial charge in [-0.25, -0.2) is 4.39 Å². The second-order valence-electron chi connectivity index (χ2n) is 7.22. The van der Waals surface area contributed by atoms with Crippen LogP contribution in [0, 0.1) is 5.82 Å². The van der Waals surface area contributed by atoms with Gasteiger partial charge in [0.15, 0.2) is 0 Å². The number of anilines is 1. The minimum atomic E-state index is -0.684. The molecule has 1 saturated heterocycles. The van der Waals surface area contributed by atoms with Gasteiger partial charge in [-0.3, -0.25) is 14.5 Å². The Kier molecular flexibility index (Phi) is 8.04. The number of nitrogens with one attached hydrogen (secondary N) is 2. The first kappa shape index (κ1) is 22.1. The van der Waals surface area contributed by atoms with Crippen molar-refractivity contribution in [2.45, 2.75) is 13.0 Å². The zero-order valence-corrected chi connectivity index (χ0v) is 17.5. The lowest BCUT2D eigenvalue weighted by Gasteiger charge is -2.36. The molecule has 1 aliphatic rings. The highest BCUT2D eigenvalue weighted by molar-refractivity contribution is 6.35. The van der Waals surface area contributed by atoms with Crippen LogP contribution >= 0.6 is 11.6 Å². The lowest BCUT2D eigenvalue weighted by Crippen LogP contribution is -2.47. The number of nitrogens with zero attached hydrogens (tertiary/aromatic N) is 2. The van der Waals surface area contributed by atoms with Gasteiger partial charge in [0.2, 0.25) is 0 Å². The summed E-state index contributed by atoms with van der Waals surface area (Å²) in [4.78, 5) is 28.4. The van der Waals surface area contributed by atoms with Gasteiger partial charge in [0.05, 0.1) is 0 Å². The van der Waals surface area contributed by atoms with E-state index in [0.29, 0.717) is 6.54 Å². The third kappa shape index (κ3) is 6.71. The molecule has 0 radical (unpaired) electrons. The van der Waals surface area contributed by atoms with Crippen molar-refractivity contribution in [1.29, 1.82) is 0 Å². The van der Waals surface area contributed by atoms with Gasteiger partial charge in [-0.2, -0.15) is 0 Å². The van der Waals surface area contributed by atoms with Crippen LogP contribution in [0.1, 0.15) is 12.0 Å². The second kappa shape index (κ2) is 10.9. The normalized spacial score (nSPS) is 14.4. The fourth-order valence-electron chi connectivity index (χ4n) is 3.33. The molecule has 0 bridgehead atoms. The van der Waals surface area contributed by atoms with E-state index in [1.165, 1.54) is 17.8 Å². The van der Waals surface area contributed by atoms with Gasteiger partial charge in [0.25, 0.3) is 0 Å². The first-order chi connectivity index (χ1) is 14.5. The average molecular weight is 433 g/mol. The van der Waals surface area contributed by atoms with E-state index < -0.39 is 11.8 Å². The molecule has 2 N–H and O–H groups in total. The molecule has 0 saturated carbocycles. The van der Waals surface area contributed by atoms with Crippen molar-refractivity contribution in [2.24, 2.45) is 0 Å². The number of rotatable bonds is 7. The maximum absolute atomic E-state index is 12.9. The topological polar surface area (TPSA) is 64.7 Å². The van der Waals surface area contributed by atoms with Crippen molar-refractivity contribution in [3.05, 3.63) is 64.9 Å². The van der Waals surface area contributed by atoms with Gasteiger partial charge < -0.3 is 15.5 Å². The van der Waals surface area contributed by atoms with Crippen molar-refractivity contribution in [2.75, 3.05) is 44.2 Å². The summed E-state index contributed by atoms with van der Waals surface area (Å²) in [5.41, 5.74) is 1.91. The molecule has 0 atom stereocenters. The van der Waals surface area contributed by atoms with Crippen LogP contribution in [0.25, 0.3) is 0 Å². The van der Waals surface area contributed by atoms with E-state index in [1.54, 1.807) is 12.1 Å². The number of carbonyl (C=O) groups is 2. The van der Waals surface area contributed by atoms with E-state index in [0.717, 1.165) is 49.7 Å². The maximum Gasteiger partial charge on any atom is 0.309 e. The Morgan fingerprint density at radius 2 is 1.53 bits per heavy atom. The standard InChI is InChI=1S/C22H26ClFN4O2/c23-18-4-8-20(9-5-18)28-14-12-27(13-15-28)11-1-10-25-21(29)22(30)26-16-17-2-6-19(24)7-3-17/h2-9H,1,10-16H2,(H,25,29)(H,26,30). The number of piperazine rings is 1. The monoisotopic (exact) mass is 432 g/mol. The van der Waals surface area contributed by atoms with E-state index in [9.17, 15) is 14.0 Å². The summed E-state index contributed by atoms with van der Waals surface area (Å²) in [6, 6.07) is 13.7. The SMILES string of the molecule is O=C(NCCCN1CCN(c2ccc(Cl)cc2)CC1)C(=O)NCc1ccc(F)cc1. The molecule has 2 amide bonds. The zero-order valence-electron chi connectivity index (χ0n) is 16.7. The van der Waals surface area contributed by atoms with Gasteiger partial charge in [-0.15, -0.1) is 0 Å². The van der Waals surface area contributed by atoms with Crippen molar-refractivity contribution < 1.29 is 14.0 Å². The minimum Gasteiger partial charge on any atom is -0.369 e. The van der Waals surface area contributed by atoms with E-state index in [1.807, 2.05) is 24.3 Å². The Hall–Kier alpha value is -2.64. The lowest BCUT2D eigenvalue weighted by molar-refractivity contribution is -0.139. The van der Waals surface area contributed by atoms with Crippen molar-refractivity contribution in [3.63, 3.8) is 0 Å². The van der Waals surface area contributed by atoms with Crippen LogP contribution in [-0.4, -0.2) is 56.0 Å². The molecule has 0 aliphatic carbocycles. The molecule has 1 aliphatic heterocycles. The Bertz CT molecular complexity index is 837. The summed E-state index contributed by atoms with van der Waals surface area (Å²) in [7, 11) is 0. The van der Waals surface area contributed by atoms with Crippen LogP contribution in [0.2, 0.25) is 5.02 Å². The first-order valence-corrected chi connectivity index (χ1v) is 10.4. The van der Waals surface area contributed by atoms with Crippen LogP contribution in [0.4, 0.5) is 10.1 Å². The van der Waals surface area contributed by atoms with Crippen LogP contribution in [0.15, 0.2) is 48.5 Å². The van der Waals surface area contributed by atoms with Crippen LogP contribution in [-0.2, 0) is 16.1 Å². The summed E-state index contributed by atoms with van der Waals surface area (Å²) in [5.74, 6) is -1.67. The number of benzene rings is 2.